The molecule has 0 aromatic rings. The Balaban J connectivity index is 1.81. The van der Waals surface area contributed by atoms with Gasteiger partial charge in [-0.2, -0.15) is 0 Å². The molecule has 3 aliphatic rings. The van der Waals surface area contributed by atoms with Crippen molar-refractivity contribution in [2.24, 2.45) is 22.9 Å². The molecule has 2 heterocycles. The highest BCUT2D eigenvalue weighted by Gasteiger charge is 2.51. The van der Waals surface area contributed by atoms with Crippen LogP contribution in [-0.4, -0.2) is 166 Å². The molecule has 2 saturated heterocycles. The van der Waals surface area contributed by atoms with E-state index in [4.69, 9.17) is 47.0 Å². The minimum absolute atomic E-state index is 0.0309. The van der Waals surface area contributed by atoms with Crippen molar-refractivity contribution in [1.82, 2.24) is 10.6 Å². The second-order valence-corrected chi connectivity index (χ2v) is 11.0. The van der Waals surface area contributed by atoms with E-state index in [-0.39, 0.29) is 45.5 Å². The molecule has 0 aromatic carbocycles. The molecular weight excluding hydrogens is 564 g/mol. The maximum atomic E-state index is 12.7. The first-order valence-electron chi connectivity index (χ1n) is 14.1. The van der Waals surface area contributed by atoms with Crippen LogP contribution in [-0.2, 0) is 23.7 Å². The van der Waals surface area contributed by atoms with E-state index in [0.717, 1.165) is 0 Å². The van der Waals surface area contributed by atoms with E-state index in [0.29, 0.717) is 0 Å². The smallest absolute Gasteiger partial charge is 0.249 e. The molecule has 0 spiro atoms. The van der Waals surface area contributed by atoms with E-state index in [1.165, 1.54) is 0 Å². The van der Waals surface area contributed by atoms with Crippen molar-refractivity contribution >= 4 is 5.91 Å². The highest BCUT2D eigenvalue weighted by Crippen LogP contribution is 2.31. The fourth-order valence-corrected chi connectivity index (χ4v) is 5.39. The van der Waals surface area contributed by atoms with Gasteiger partial charge >= 0.3 is 0 Å². The van der Waals surface area contributed by atoms with Crippen molar-refractivity contribution in [3.05, 3.63) is 0 Å². The summed E-state index contributed by atoms with van der Waals surface area (Å²) in [6.07, 6.45) is -14.1. The van der Waals surface area contributed by atoms with E-state index < -0.39 is 104 Å². The topological polar surface area (TPSA) is 324 Å². The van der Waals surface area contributed by atoms with Crippen molar-refractivity contribution in [3.8, 4) is 0 Å². The Labute approximate surface area is 243 Å². The first kappa shape index (κ1) is 35.3. The average Bonchev–Trinajstić information content (AvgIpc) is 2.95. The number of rotatable bonds is 13. The number of ether oxygens (including phenoxy) is 4. The van der Waals surface area contributed by atoms with Gasteiger partial charge in [-0.25, -0.2) is 0 Å². The van der Waals surface area contributed by atoms with Crippen LogP contribution < -0.4 is 33.6 Å². The average molecular weight is 613 g/mol. The summed E-state index contributed by atoms with van der Waals surface area (Å²) in [5, 5.41) is 76.9. The second-order valence-electron chi connectivity index (χ2n) is 11.0. The zero-order chi connectivity index (χ0) is 31.1. The number of hydrogen-bond acceptors (Lipinski definition) is 17. The third-order valence-electron chi connectivity index (χ3n) is 7.84. The zero-order valence-electron chi connectivity index (χ0n) is 23.3. The monoisotopic (exact) mass is 612 g/mol. The lowest BCUT2D eigenvalue weighted by molar-refractivity contribution is -0.316. The number of carbonyl (C=O) groups excluding carboxylic acids is 1. The molecule has 15 atom stereocenters. The molecule has 1 amide bonds. The van der Waals surface area contributed by atoms with Gasteiger partial charge in [0.15, 0.2) is 12.6 Å². The first-order valence-corrected chi connectivity index (χ1v) is 14.1. The molecule has 2 aliphatic heterocycles. The van der Waals surface area contributed by atoms with Crippen LogP contribution in [0.25, 0.3) is 0 Å². The van der Waals surface area contributed by atoms with Crippen LogP contribution in [0.15, 0.2) is 0 Å². The molecule has 0 bridgehead atoms. The maximum Gasteiger partial charge on any atom is 0.249 e. The molecule has 17 N–H and O–H groups in total. The molecule has 3 fully saturated rings. The van der Waals surface area contributed by atoms with E-state index in [2.05, 4.69) is 10.6 Å². The van der Waals surface area contributed by atoms with Crippen molar-refractivity contribution < 1.29 is 59.5 Å². The van der Waals surface area contributed by atoms with Gasteiger partial charge in [0.05, 0.1) is 43.5 Å². The summed E-state index contributed by atoms with van der Waals surface area (Å²) in [6, 6.07) is -4.02. The van der Waals surface area contributed by atoms with Gasteiger partial charge in [0, 0.05) is 19.1 Å². The van der Waals surface area contributed by atoms with Gasteiger partial charge < -0.3 is 88.3 Å². The van der Waals surface area contributed by atoms with E-state index in [1.54, 1.807) is 0 Å². The van der Waals surface area contributed by atoms with Crippen molar-refractivity contribution in [2.75, 3.05) is 32.8 Å². The predicted molar refractivity (Wildman–Crippen MR) is 143 cm³/mol. The molecule has 0 aromatic heterocycles. The van der Waals surface area contributed by atoms with E-state index in [9.17, 15) is 35.4 Å². The number of carbonyl (C=O) groups is 1. The Hall–Kier alpha value is -1.17. The molecule has 1 saturated carbocycles. The number of hydrogen-bond donors (Lipinski definition) is 13. The van der Waals surface area contributed by atoms with Gasteiger partial charge in [-0.15, -0.1) is 0 Å². The van der Waals surface area contributed by atoms with Gasteiger partial charge in [-0.1, -0.05) is 0 Å². The minimum atomic E-state index is -1.59. The summed E-state index contributed by atoms with van der Waals surface area (Å²) in [4.78, 5) is 12.7. The fourth-order valence-electron chi connectivity index (χ4n) is 5.39. The largest absolute Gasteiger partial charge is 0.395 e. The summed E-state index contributed by atoms with van der Waals surface area (Å²) >= 11 is 0. The SMILES string of the molecule is NCC[C@H](O)C(=O)N[C@@H]1C[C@H](N)[C@@H](O[C@H]2O[C@H](CNCCO)[C@@H](O)C[C@H]2N)[C@H](O)[C@H]1O[C@H]1O[C@H](CO)[C@@H](O)[C@H](N)[C@H]1O. The fraction of sp³-hybridized carbons (Fsp3) is 0.958. The Morgan fingerprint density at radius 3 is 2.21 bits per heavy atom. The summed E-state index contributed by atoms with van der Waals surface area (Å²) in [7, 11) is 0. The second kappa shape index (κ2) is 16.2. The zero-order valence-corrected chi connectivity index (χ0v) is 23.3. The summed E-state index contributed by atoms with van der Waals surface area (Å²) < 4.78 is 23.3. The molecule has 42 heavy (non-hydrogen) atoms. The van der Waals surface area contributed by atoms with Gasteiger partial charge in [-0.3, -0.25) is 4.79 Å². The Kier molecular flexibility index (Phi) is 13.6. The van der Waals surface area contributed by atoms with Crippen LogP contribution in [0.4, 0.5) is 0 Å². The lowest BCUT2D eigenvalue weighted by Gasteiger charge is -2.48. The molecule has 0 radical (unpaired) electrons. The predicted octanol–water partition coefficient (Wildman–Crippen LogP) is -7.81. The summed E-state index contributed by atoms with van der Waals surface area (Å²) in [6.45, 7) is -0.262. The molecular formula is C24H48N6O12. The molecule has 18 nitrogen and oxygen atoms in total. The summed E-state index contributed by atoms with van der Waals surface area (Å²) in [5.41, 5.74) is 23.9. The molecule has 3 rings (SSSR count). The Morgan fingerprint density at radius 1 is 0.905 bits per heavy atom. The minimum Gasteiger partial charge on any atom is -0.395 e. The van der Waals surface area contributed by atoms with Crippen LogP contribution >= 0.6 is 0 Å². The van der Waals surface area contributed by atoms with Crippen LogP contribution in [0.2, 0.25) is 0 Å². The lowest BCUT2D eigenvalue weighted by atomic mass is 9.83. The van der Waals surface area contributed by atoms with Crippen molar-refractivity contribution in [3.63, 3.8) is 0 Å². The standard InChI is InChI=1S/C24H48N6O12/c25-2-1-12(33)22(38)30-11-5-9(26)20(41-23-10(27)6-13(34)14(39-23)7-29-3-4-31)19(37)21(11)42-24-18(36)16(28)17(35)15(8-32)40-24/h9-21,23-24,29,31-37H,1-8,25-28H2,(H,30,38)/t9-,10+,11+,12-,13-,14+,15+,16-,17+,18+,19-,20+,21-,23+,24+/m0/s1. The van der Waals surface area contributed by atoms with E-state index >= 15 is 0 Å². The van der Waals surface area contributed by atoms with Gasteiger partial charge in [0.1, 0.15) is 42.7 Å². The number of amides is 1. The third-order valence-corrected chi connectivity index (χ3v) is 7.84. The van der Waals surface area contributed by atoms with Crippen LogP contribution in [0, 0.1) is 0 Å². The first-order chi connectivity index (χ1) is 19.9. The highest BCUT2D eigenvalue weighted by molar-refractivity contribution is 5.80. The van der Waals surface area contributed by atoms with Gasteiger partial charge in [0.2, 0.25) is 5.91 Å². The third kappa shape index (κ3) is 8.51. The van der Waals surface area contributed by atoms with Gasteiger partial charge in [0.25, 0.3) is 0 Å². The van der Waals surface area contributed by atoms with Crippen LogP contribution in [0.5, 0.6) is 0 Å². The van der Waals surface area contributed by atoms with E-state index in [1.807, 2.05) is 0 Å². The maximum absolute atomic E-state index is 12.7. The van der Waals surface area contributed by atoms with Crippen LogP contribution in [0.1, 0.15) is 19.3 Å². The Morgan fingerprint density at radius 2 is 1.57 bits per heavy atom. The van der Waals surface area contributed by atoms with Crippen molar-refractivity contribution in [2.45, 2.75) is 111 Å². The number of nitrogens with two attached hydrogens (primary N) is 4. The van der Waals surface area contributed by atoms with Crippen LogP contribution in [0.3, 0.4) is 0 Å². The number of nitrogens with one attached hydrogen (secondary N) is 2. The summed E-state index contributed by atoms with van der Waals surface area (Å²) in [5.74, 6) is -0.798. The molecule has 18 heteroatoms. The van der Waals surface area contributed by atoms with Crippen molar-refractivity contribution in [1.29, 1.82) is 0 Å². The Bertz CT molecular complexity index is 835. The number of aliphatic hydroxyl groups excluding tert-OH is 7. The highest BCUT2D eigenvalue weighted by atomic mass is 16.7. The molecule has 246 valence electrons. The number of aliphatic hydroxyl groups is 7. The molecule has 1 aliphatic carbocycles. The quantitative estimate of drug-likeness (QED) is 0.0858. The normalized spacial score (nSPS) is 43.6. The molecule has 0 unspecified atom stereocenters. The van der Waals surface area contributed by atoms with Gasteiger partial charge in [-0.05, 0) is 25.8 Å². The lowest BCUT2D eigenvalue weighted by Crippen LogP contribution is -2.69.